The molecule has 0 atom stereocenters. The number of imidazole rings is 1. The van der Waals surface area contributed by atoms with Crippen molar-refractivity contribution in [2.24, 2.45) is 4.99 Å². The van der Waals surface area contributed by atoms with Gasteiger partial charge in [0.1, 0.15) is 28.8 Å². The van der Waals surface area contributed by atoms with E-state index in [1.807, 2.05) is 36.4 Å². The zero-order chi connectivity index (χ0) is 24.9. The monoisotopic (exact) mass is 478 g/mol. The van der Waals surface area contributed by atoms with Gasteiger partial charge >= 0.3 is 0 Å². The number of nitrogens with zero attached hydrogens (tertiary/aromatic N) is 2. The van der Waals surface area contributed by atoms with Crippen LogP contribution >= 0.6 is 0 Å². The maximum Gasteiger partial charge on any atom is 0.274 e. The first-order valence-corrected chi connectivity index (χ1v) is 11.2. The van der Waals surface area contributed by atoms with Gasteiger partial charge in [0.25, 0.3) is 5.91 Å². The predicted octanol–water partition coefficient (Wildman–Crippen LogP) is 7.02. The van der Waals surface area contributed by atoms with Crippen molar-refractivity contribution in [1.82, 2.24) is 9.97 Å². The lowest BCUT2D eigenvalue weighted by molar-refractivity contribution is 0.102. The van der Waals surface area contributed by atoms with Gasteiger partial charge in [-0.25, -0.2) is 13.8 Å². The molecule has 5 aromatic rings. The highest BCUT2D eigenvalue weighted by molar-refractivity contribution is 6.08. The largest absolute Gasteiger partial charge is 0.333 e. The third-order valence-corrected chi connectivity index (χ3v) is 5.47. The molecule has 5 rings (SSSR count). The van der Waals surface area contributed by atoms with Gasteiger partial charge in [-0.3, -0.25) is 9.79 Å². The molecule has 36 heavy (non-hydrogen) atoms. The Morgan fingerprint density at radius 3 is 2.14 bits per heavy atom. The molecule has 0 aliphatic rings. The lowest BCUT2D eigenvalue weighted by Crippen LogP contribution is -2.13. The minimum absolute atomic E-state index is 0.262. The molecular weight excluding hydrogens is 458 g/mol. The maximum absolute atomic E-state index is 13.4. The first kappa shape index (κ1) is 22.9. The Labute approximate surface area is 206 Å². The molecule has 1 aromatic heterocycles. The molecule has 0 spiro atoms. The van der Waals surface area contributed by atoms with Crippen molar-refractivity contribution >= 4 is 23.5 Å². The van der Waals surface area contributed by atoms with E-state index in [0.29, 0.717) is 28.5 Å². The molecule has 1 amide bonds. The molecule has 0 bridgehead atoms. The zero-order valence-electron chi connectivity index (χ0n) is 19.0. The molecule has 0 fully saturated rings. The fourth-order valence-electron chi connectivity index (χ4n) is 3.66. The molecule has 0 radical (unpaired) electrons. The fourth-order valence-corrected chi connectivity index (χ4v) is 3.66. The number of amides is 1. The molecule has 7 heteroatoms. The van der Waals surface area contributed by atoms with Crippen LogP contribution in [0.3, 0.4) is 0 Å². The standard InChI is InChI=1S/C29H20F2N4O/c30-22-14-10-19(11-15-22)18-32-24-8-4-5-9-25(24)33-29(36)27-26(20-6-2-1-3-7-20)34-28(35-27)21-12-16-23(31)17-13-21/h1-18H,(H,33,36)(H,34,35). The van der Waals surface area contributed by atoms with Crippen LogP contribution in [-0.4, -0.2) is 22.1 Å². The molecule has 2 N–H and O–H groups in total. The number of halogens is 2. The van der Waals surface area contributed by atoms with E-state index in [-0.39, 0.29) is 17.3 Å². The average molecular weight is 479 g/mol. The van der Waals surface area contributed by atoms with Crippen molar-refractivity contribution in [3.8, 4) is 22.6 Å². The van der Waals surface area contributed by atoms with E-state index >= 15 is 0 Å². The minimum Gasteiger partial charge on any atom is -0.333 e. The van der Waals surface area contributed by atoms with Gasteiger partial charge in [-0.1, -0.05) is 54.6 Å². The number of benzene rings is 4. The average Bonchev–Trinajstić information content (AvgIpc) is 3.36. The van der Waals surface area contributed by atoms with Crippen LogP contribution in [0.4, 0.5) is 20.2 Å². The second-order valence-corrected chi connectivity index (χ2v) is 7.96. The second-order valence-electron chi connectivity index (χ2n) is 7.96. The van der Waals surface area contributed by atoms with E-state index in [2.05, 4.69) is 20.3 Å². The Bertz CT molecular complexity index is 1530. The molecule has 0 aliphatic carbocycles. The zero-order valence-corrected chi connectivity index (χ0v) is 19.0. The second kappa shape index (κ2) is 10.1. The smallest absolute Gasteiger partial charge is 0.274 e. The number of hydrogen-bond acceptors (Lipinski definition) is 3. The van der Waals surface area contributed by atoms with Gasteiger partial charge < -0.3 is 10.3 Å². The van der Waals surface area contributed by atoms with E-state index in [9.17, 15) is 13.6 Å². The van der Waals surface area contributed by atoms with Crippen LogP contribution in [0.1, 0.15) is 16.1 Å². The third kappa shape index (κ3) is 5.10. The van der Waals surface area contributed by atoms with Crippen LogP contribution in [0.25, 0.3) is 22.6 Å². The van der Waals surface area contributed by atoms with Crippen molar-refractivity contribution in [3.63, 3.8) is 0 Å². The number of carbonyl (C=O) groups excluding carboxylic acids is 1. The molecule has 1 heterocycles. The third-order valence-electron chi connectivity index (χ3n) is 5.47. The number of nitrogens with one attached hydrogen (secondary N) is 2. The molecule has 0 saturated heterocycles. The van der Waals surface area contributed by atoms with Crippen LogP contribution in [0.15, 0.2) is 108 Å². The Morgan fingerprint density at radius 1 is 0.778 bits per heavy atom. The minimum atomic E-state index is -0.404. The van der Waals surface area contributed by atoms with Crippen LogP contribution < -0.4 is 5.32 Å². The highest BCUT2D eigenvalue weighted by Crippen LogP contribution is 2.29. The predicted molar refractivity (Wildman–Crippen MR) is 137 cm³/mol. The topological polar surface area (TPSA) is 70.1 Å². The molecule has 176 valence electrons. The van der Waals surface area contributed by atoms with E-state index in [1.165, 1.54) is 24.3 Å². The van der Waals surface area contributed by atoms with Crippen LogP contribution in [0.2, 0.25) is 0 Å². The van der Waals surface area contributed by atoms with Crippen molar-refractivity contribution in [2.75, 3.05) is 5.32 Å². The highest BCUT2D eigenvalue weighted by Gasteiger charge is 2.20. The summed E-state index contributed by atoms with van der Waals surface area (Å²) in [5.74, 6) is -0.640. The number of aliphatic imine (C=N–C) groups is 1. The van der Waals surface area contributed by atoms with Gasteiger partial charge in [0, 0.05) is 17.3 Å². The number of aromatic amines is 1. The summed E-state index contributed by atoms with van der Waals surface area (Å²) in [6.45, 7) is 0. The van der Waals surface area contributed by atoms with Gasteiger partial charge in [-0.05, 0) is 54.1 Å². The number of anilines is 1. The summed E-state index contributed by atoms with van der Waals surface area (Å²) in [6.07, 6.45) is 1.60. The number of para-hydroxylation sites is 2. The Kier molecular flexibility index (Phi) is 6.44. The van der Waals surface area contributed by atoms with Crippen LogP contribution in [0.5, 0.6) is 0 Å². The lowest BCUT2D eigenvalue weighted by Gasteiger charge is -2.08. The lowest BCUT2D eigenvalue weighted by atomic mass is 10.1. The molecule has 0 saturated carbocycles. The molecule has 0 aliphatic heterocycles. The Morgan fingerprint density at radius 2 is 1.42 bits per heavy atom. The van der Waals surface area contributed by atoms with Crippen molar-refractivity contribution in [2.45, 2.75) is 0 Å². The SMILES string of the molecule is O=C(Nc1ccccc1N=Cc1ccc(F)cc1)c1[nH]c(-c2ccc(F)cc2)nc1-c1ccccc1. The summed E-state index contributed by atoms with van der Waals surface area (Å²) in [6, 6.07) is 28.3. The van der Waals surface area contributed by atoms with E-state index in [0.717, 1.165) is 11.1 Å². The van der Waals surface area contributed by atoms with Gasteiger partial charge in [0.05, 0.1) is 11.4 Å². The van der Waals surface area contributed by atoms with Gasteiger partial charge in [0.15, 0.2) is 0 Å². The van der Waals surface area contributed by atoms with Gasteiger partial charge in [-0.2, -0.15) is 0 Å². The number of rotatable bonds is 6. The van der Waals surface area contributed by atoms with Gasteiger partial charge in [-0.15, -0.1) is 0 Å². The quantitative estimate of drug-likeness (QED) is 0.257. The summed E-state index contributed by atoms with van der Waals surface area (Å²) in [7, 11) is 0. The van der Waals surface area contributed by atoms with Crippen molar-refractivity contribution in [3.05, 3.63) is 126 Å². The summed E-state index contributed by atoms with van der Waals surface area (Å²) < 4.78 is 26.6. The summed E-state index contributed by atoms with van der Waals surface area (Å²) in [5, 5.41) is 2.91. The summed E-state index contributed by atoms with van der Waals surface area (Å²) in [5.41, 5.74) is 3.90. The number of hydrogen-bond donors (Lipinski definition) is 2. The molecule has 5 nitrogen and oxygen atoms in total. The van der Waals surface area contributed by atoms with Gasteiger partial charge in [0.2, 0.25) is 0 Å². The molecule has 4 aromatic carbocycles. The molecular formula is C29H20F2N4O. The van der Waals surface area contributed by atoms with Crippen molar-refractivity contribution in [1.29, 1.82) is 0 Å². The van der Waals surface area contributed by atoms with Crippen LogP contribution in [0, 0.1) is 11.6 Å². The summed E-state index contributed by atoms with van der Waals surface area (Å²) in [4.78, 5) is 25.7. The fraction of sp³-hybridized carbons (Fsp3) is 0. The Hall–Kier alpha value is -4.91. The number of aromatic nitrogens is 2. The first-order valence-electron chi connectivity index (χ1n) is 11.2. The van der Waals surface area contributed by atoms with E-state index < -0.39 is 5.91 Å². The van der Waals surface area contributed by atoms with Crippen molar-refractivity contribution < 1.29 is 13.6 Å². The number of carbonyl (C=O) groups is 1. The van der Waals surface area contributed by atoms with E-state index in [1.54, 1.807) is 48.7 Å². The summed E-state index contributed by atoms with van der Waals surface area (Å²) >= 11 is 0. The van der Waals surface area contributed by atoms with Crippen LogP contribution in [-0.2, 0) is 0 Å². The Balaban J connectivity index is 1.48. The highest BCUT2D eigenvalue weighted by atomic mass is 19.1. The maximum atomic E-state index is 13.4. The number of H-pyrrole nitrogens is 1. The first-order chi connectivity index (χ1) is 17.6. The normalized spacial score (nSPS) is 11.1. The van der Waals surface area contributed by atoms with E-state index in [4.69, 9.17) is 0 Å². The molecule has 0 unspecified atom stereocenters.